The van der Waals surface area contributed by atoms with Crippen LogP contribution < -0.4 is 0 Å². The molecule has 0 bridgehead atoms. The van der Waals surface area contributed by atoms with Crippen molar-refractivity contribution in [3.63, 3.8) is 0 Å². The van der Waals surface area contributed by atoms with Crippen LogP contribution in [-0.2, 0) is 0 Å². The average molecular weight is 175 g/mol. The van der Waals surface area contributed by atoms with Gasteiger partial charge in [0.25, 0.3) is 0 Å². The van der Waals surface area contributed by atoms with E-state index >= 15 is 0 Å². The Bertz CT molecular complexity index is 109. The Labute approximate surface area is 75.3 Å². The molecule has 66 valence electrons. The van der Waals surface area contributed by atoms with Crippen molar-refractivity contribution in [1.82, 2.24) is 0 Å². The van der Waals surface area contributed by atoms with Gasteiger partial charge in [0.15, 0.2) is 0 Å². The number of alkyl halides is 1. The number of hydrogen-bond acceptors (Lipinski definition) is 0. The van der Waals surface area contributed by atoms with Gasteiger partial charge >= 0.3 is 0 Å². The van der Waals surface area contributed by atoms with Crippen LogP contribution in [0.3, 0.4) is 0 Å². The first kappa shape index (κ1) is 9.38. The van der Waals surface area contributed by atoms with Crippen LogP contribution in [0.2, 0.25) is 0 Å². The molecule has 0 spiro atoms. The second-order valence-electron chi connectivity index (χ2n) is 4.12. The first-order valence-corrected chi connectivity index (χ1v) is 5.28. The van der Waals surface area contributed by atoms with Gasteiger partial charge in [0.2, 0.25) is 0 Å². The molecule has 2 atom stereocenters. The van der Waals surface area contributed by atoms with Gasteiger partial charge in [-0.05, 0) is 24.7 Å². The zero-order chi connectivity index (χ0) is 8.27. The lowest BCUT2D eigenvalue weighted by Gasteiger charge is -2.19. The quantitative estimate of drug-likeness (QED) is 0.419. The van der Waals surface area contributed by atoms with E-state index in [0.29, 0.717) is 5.38 Å². The molecule has 2 unspecified atom stereocenters. The fraction of sp³-hybridized carbons (Fsp3) is 1.00. The van der Waals surface area contributed by atoms with Crippen LogP contribution >= 0.6 is 11.6 Å². The van der Waals surface area contributed by atoms with Gasteiger partial charge in [0.05, 0.1) is 0 Å². The lowest BCUT2D eigenvalue weighted by atomic mass is 9.89. The molecule has 0 aromatic heterocycles. The molecule has 0 heterocycles. The van der Waals surface area contributed by atoms with Gasteiger partial charge in [0, 0.05) is 5.38 Å². The Morgan fingerprint density at radius 2 is 1.82 bits per heavy atom. The Morgan fingerprint density at radius 1 is 1.18 bits per heavy atom. The molecule has 1 fully saturated rings. The van der Waals surface area contributed by atoms with E-state index in [-0.39, 0.29) is 0 Å². The van der Waals surface area contributed by atoms with Crippen molar-refractivity contribution >= 4 is 11.6 Å². The van der Waals surface area contributed by atoms with Gasteiger partial charge in [0.1, 0.15) is 0 Å². The fourth-order valence-corrected chi connectivity index (χ4v) is 2.33. The molecule has 1 aliphatic rings. The average Bonchev–Trinajstić information content (AvgIpc) is 2.13. The van der Waals surface area contributed by atoms with E-state index in [1.165, 1.54) is 32.1 Å². The maximum absolute atomic E-state index is 6.16. The van der Waals surface area contributed by atoms with Gasteiger partial charge in [-0.25, -0.2) is 0 Å². The minimum Gasteiger partial charge on any atom is -0.123 e. The minimum atomic E-state index is 0.463. The highest BCUT2D eigenvalue weighted by Gasteiger charge is 2.20. The van der Waals surface area contributed by atoms with Crippen molar-refractivity contribution in [2.24, 2.45) is 11.8 Å². The Kier molecular flexibility index (Phi) is 3.71. The molecule has 1 rings (SSSR count). The van der Waals surface area contributed by atoms with Gasteiger partial charge in [-0.2, -0.15) is 0 Å². The normalized spacial score (nSPS) is 33.8. The Hall–Kier alpha value is 0.290. The highest BCUT2D eigenvalue weighted by molar-refractivity contribution is 6.20. The maximum atomic E-state index is 6.16. The fourth-order valence-electron chi connectivity index (χ4n) is 1.94. The third kappa shape index (κ3) is 3.02. The molecule has 1 saturated carbocycles. The first-order chi connectivity index (χ1) is 5.20. The van der Waals surface area contributed by atoms with Crippen LogP contribution in [0.25, 0.3) is 0 Å². The van der Waals surface area contributed by atoms with Crippen LogP contribution in [0.5, 0.6) is 0 Å². The molecule has 0 aromatic carbocycles. The lowest BCUT2D eigenvalue weighted by Crippen LogP contribution is -2.11. The van der Waals surface area contributed by atoms with Crippen LogP contribution in [0.1, 0.15) is 46.0 Å². The smallest absolute Gasteiger partial charge is 0.0338 e. The van der Waals surface area contributed by atoms with Crippen LogP contribution in [-0.4, -0.2) is 5.38 Å². The van der Waals surface area contributed by atoms with E-state index in [1.54, 1.807) is 0 Å². The summed E-state index contributed by atoms with van der Waals surface area (Å²) < 4.78 is 0. The molecule has 0 N–H and O–H groups in total. The van der Waals surface area contributed by atoms with Crippen molar-refractivity contribution in [1.29, 1.82) is 0 Å². The summed E-state index contributed by atoms with van der Waals surface area (Å²) in [5, 5.41) is 0.463. The Morgan fingerprint density at radius 3 is 2.45 bits per heavy atom. The second-order valence-corrected chi connectivity index (χ2v) is 4.74. The third-order valence-corrected chi connectivity index (χ3v) is 3.24. The van der Waals surface area contributed by atoms with Gasteiger partial charge in [-0.15, -0.1) is 11.6 Å². The summed E-state index contributed by atoms with van der Waals surface area (Å²) in [6.07, 6.45) is 6.63. The van der Waals surface area contributed by atoms with Gasteiger partial charge in [-0.3, -0.25) is 0 Å². The van der Waals surface area contributed by atoms with Crippen molar-refractivity contribution in [3.8, 4) is 0 Å². The zero-order valence-electron chi connectivity index (χ0n) is 7.65. The third-order valence-electron chi connectivity index (χ3n) is 2.84. The van der Waals surface area contributed by atoms with Gasteiger partial charge in [-0.1, -0.05) is 33.1 Å². The highest BCUT2D eigenvalue weighted by Crippen LogP contribution is 2.31. The largest absolute Gasteiger partial charge is 0.123 e. The van der Waals surface area contributed by atoms with E-state index in [9.17, 15) is 0 Å². The second kappa shape index (κ2) is 4.35. The monoisotopic (exact) mass is 174 g/mol. The summed E-state index contributed by atoms with van der Waals surface area (Å²) in [5.41, 5.74) is 0. The van der Waals surface area contributed by atoms with Gasteiger partial charge < -0.3 is 0 Å². The van der Waals surface area contributed by atoms with E-state index in [4.69, 9.17) is 11.6 Å². The predicted molar refractivity (Wildman–Crippen MR) is 51.1 cm³/mol. The van der Waals surface area contributed by atoms with Crippen molar-refractivity contribution in [3.05, 3.63) is 0 Å². The molecule has 11 heavy (non-hydrogen) atoms. The SMILES string of the molecule is CC(C)C1CCCCC(Cl)C1. The van der Waals surface area contributed by atoms with Crippen molar-refractivity contribution in [2.75, 3.05) is 0 Å². The molecular weight excluding hydrogens is 156 g/mol. The van der Waals surface area contributed by atoms with E-state index in [0.717, 1.165) is 11.8 Å². The molecule has 1 heteroatoms. The summed E-state index contributed by atoms with van der Waals surface area (Å²) in [6, 6.07) is 0. The number of halogens is 1. The predicted octanol–water partition coefficient (Wildman–Crippen LogP) is 3.83. The van der Waals surface area contributed by atoms with E-state index in [1.807, 2.05) is 0 Å². The molecule has 0 aliphatic heterocycles. The molecule has 0 radical (unpaired) electrons. The summed E-state index contributed by atoms with van der Waals surface area (Å²) in [5.74, 6) is 1.72. The lowest BCUT2D eigenvalue weighted by molar-refractivity contribution is 0.344. The molecule has 0 saturated heterocycles. The van der Waals surface area contributed by atoms with Crippen LogP contribution in [0.4, 0.5) is 0 Å². The maximum Gasteiger partial charge on any atom is 0.0338 e. The van der Waals surface area contributed by atoms with Crippen molar-refractivity contribution in [2.45, 2.75) is 51.3 Å². The molecular formula is C10H19Cl. The summed E-state index contributed by atoms with van der Waals surface area (Å²) in [4.78, 5) is 0. The minimum absolute atomic E-state index is 0.463. The Balaban J connectivity index is 2.39. The highest BCUT2D eigenvalue weighted by atomic mass is 35.5. The van der Waals surface area contributed by atoms with E-state index in [2.05, 4.69) is 13.8 Å². The van der Waals surface area contributed by atoms with Crippen LogP contribution in [0.15, 0.2) is 0 Å². The van der Waals surface area contributed by atoms with Crippen molar-refractivity contribution < 1.29 is 0 Å². The van der Waals surface area contributed by atoms with E-state index < -0.39 is 0 Å². The molecule has 1 aliphatic carbocycles. The summed E-state index contributed by atoms with van der Waals surface area (Å²) >= 11 is 6.16. The van der Waals surface area contributed by atoms with Crippen LogP contribution in [0, 0.1) is 11.8 Å². The standard InChI is InChI=1S/C10H19Cl/c1-8(2)9-5-3-4-6-10(11)7-9/h8-10H,3-7H2,1-2H3. The molecule has 0 nitrogen and oxygen atoms in total. The zero-order valence-corrected chi connectivity index (χ0v) is 8.40. The topological polar surface area (TPSA) is 0 Å². The summed E-state index contributed by atoms with van der Waals surface area (Å²) in [6.45, 7) is 4.64. The number of hydrogen-bond donors (Lipinski definition) is 0. The molecule has 0 amide bonds. The summed E-state index contributed by atoms with van der Waals surface area (Å²) in [7, 11) is 0. The molecule has 0 aromatic rings. The first-order valence-electron chi connectivity index (χ1n) is 4.84. The number of rotatable bonds is 1.